The number of hydrogen-bond donors (Lipinski definition) is 1. The summed E-state index contributed by atoms with van der Waals surface area (Å²) in [6.07, 6.45) is 0.621. The summed E-state index contributed by atoms with van der Waals surface area (Å²) in [4.78, 5) is 0. The summed E-state index contributed by atoms with van der Waals surface area (Å²) in [5.41, 5.74) is 1.84. The van der Waals surface area contributed by atoms with Crippen LogP contribution in [0.4, 0.5) is 4.39 Å². The molecule has 0 saturated heterocycles. The number of nitrogens with one attached hydrogen (secondary N) is 1. The molecule has 0 radical (unpaired) electrons. The first-order chi connectivity index (χ1) is 9.24. The maximum absolute atomic E-state index is 13.7. The summed E-state index contributed by atoms with van der Waals surface area (Å²) in [7, 11) is 3.53. The van der Waals surface area contributed by atoms with Crippen LogP contribution < -0.4 is 10.1 Å². The van der Waals surface area contributed by atoms with Gasteiger partial charge >= 0.3 is 0 Å². The van der Waals surface area contributed by atoms with Gasteiger partial charge < -0.3 is 10.1 Å². The van der Waals surface area contributed by atoms with Crippen LogP contribution in [0.15, 0.2) is 48.5 Å². The minimum absolute atomic E-state index is 0.0859. The van der Waals surface area contributed by atoms with Gasteiger partial charge in [-0.2, -0.15) is 0 Å². The summed E-state index contributed by atoms with van der Waals surface area (Å²) in [5, 5.41) is 3.22. The Morgan fingerprint density at radius 3 is 2.37 bits per heavy atom. The van der Waals surface area contributed by atoms with Gasteiger partial charge in [0.15, 0.2) is 0 Å². The van der Waals surface area contributed by atoms with Crippen molar-refractivity contribution in [2.75, 3.05) is 14.2 Å². The van der Waals surface area contributed by atoms with Gasteiger partial charge in [0.25, 0.3) is 0 Å². The van der Waals surface area contributed by atoms with E-state index in [1.165, 1.54) is 6.07 Å². The van der Waals surface area contributed by atoms with Crippen molar-refractivity contribution in [3.63, 3.8) is 0 Å². The molecule has 2 aromatic rings. The second kappa shape index (κ2) is 6.34. The van der Waals surface area contributed by atoms with E-state index in [-0.39, 0.29) is 11.9 Å². The second-order valence-corrected chi connectivity index (χ2v) is 4.41. The number of rotatable bonds is 5. The van der Waals surface area contributed by atoms with E-state index >= 15 is 0 Å². The Morgan fingerprint density at radius 2 is 1.79 bits per heavy atom. The molecule has 2 nitrogen and oxygen atoms in total. The molecular formula is C16H18FNO. The fraction of sp³-hybridized carbons (Fsp3) is 0.250. The van der Waals surface area contributed by atoms with Crippen LogP contribution in [0.5, 0.6) is 5.75 Å². The number of halogens is 1. The third kappa shape index (κ3) is 3.32. The fourth-order valence-corrected chi connectivity index (χ4v) is 2.11. The largest absolute Gasteiger partial charge is 0.497 e. The molecule has 2 rings (SSSR count). The fourth-order valence-electron chi connectivity index (χ4n) is 2.11. The van der Waals surface area contributed by atoms with E-state index in [1.807, 2.05) is 43.4 Å². The molecule has 0 fully saturated rings. The van der Waals surface area contributed by atoms with Gasteiger partial charge in [-0.15, -0.1) is 0 Å². The van der Waals surface area contributed by atoms with Crippen molar-refractivity contribution in [2.45, 2.75) is 12.5 Å². The molecule has 0 spiro atoms. The van der Waals surface area contributed by atoms with Crippen molar-refractivity contribution in [1.82, 2.24) is 5.32 Å². The minimum Gasteiger partial charge on any atom is -0.497 e. The predicted octanol–water partition coefficient (Wildman–Crippen LogP) is 3.34. The van der Waals surface area contributed by atoms with Gasteiger partial charge in [-0.1, -0.05) is 30.3 Å². The van der Waals surface area contributed by atoms with E-state index in [4.69, 9.17) is 4.74 Å². The highest BCUT2D eigenvalue weighted by molar-refractivity contribution is 5.30. The van der Waals surface area contributed by atoms with Gasteiger partial charge in [-0.25, -0.2) is 4.39 Å². The van der Waals surface area contributed by atoms with E-state index in [0.29, 0.717) is 6.42 Å². The quantitative estimate of drug-likeness (QED) is 0.889. The topological polar surface area (TPSA) is 21.3 Å². The van der Waals surface area contributed by atoms with Crippen molar-refractivity contribution in [3.8, 4) is 5.75 Å². The second-order valence-electron chi connectivity index (χ2n) is 4.41. The molecule has 2 aromatic carbocycles. The van der Waals surface area contributed by atoms with E-state index in [1.54, 1.807) is 13.2 Å². The normalized spacial score (nSPS) is 12.2. The molecule has 100 valence electrons. The number of hydrogen-bond acceptors (Lipinski definition) is 2. The predicted molar refractivity (Wildman–Crippen MR) is 74.9 cm³/mol. The highest BCUT2D eigenvalue weighted by atomic mass is 19.1. The lowest BCUT2D eigenvalue weighted by atomic mass is 9.98. The third-order valence-corrected chi connectivity index (χ3v) is 3.25. The zero-order chi connectivity index (χ0) is 13.7. The Bertz CT molecular complexity index is 525. The lowest BCUT2D eigenvalue weighted by Crippen LogP contribution is -2.19. The van der Waals surface area contributed by atoms with Crippen molar-refractivity contribution < 1.29 is 9.13 Å². The Labute approximate surface area is 113 Å². The van der Waals surface area contributed by atoms with Gasteiger partial charge in [-0.3, -0.25) is 0 Å². The Hall–Kier alpha value is -1.87. The van der Waals surface area contributed by atoms with Crippen LogP contribution in [-0.2, 0) is 6.42 Å². The van der Waals surface area contributed by atoms with Crippen molar-refractivity contribution in [2.24, 2.45) is 0 Å². The standard InChI is InChI=1S/C16H18FNO/c1-18-16(11-13-5-3-4-6-15(13)17)12-7-9-14(19-2)10-8-12/h3-10,16,18H,11H2,1-2H3. The van der Waals surface area contributed by atoms with Crippen LogP contribution in [0.25, 0.3) is 0 Å². The molecule has 0 aliphatic carbocycles. The van der Waals surface area contributed by atoms with E-state index in [0.717, 1.165) is 16.9 Å². The maximum atomic E-state index is 13.7. The van der Waals surface area contributed by atoms with Crippen molar-refractivity contribution >= 4 is 0 Å². The summed E-state index contributed by atoms with van der Waals surface area (Å²) in [6, 6.07) is 14.8. The molecule has 1 N–H and O–H groups in total. The minimum atomic E-state index is -0.156. The number of benzene rings is 2. The van der Waals surface area contributed by atoms with Gasteiger partial charge in [0, 0.05) is 6.04 Å². The highest BCUT2D eigenvalue weighted by Crippen LogP contribution is 2.22. The van der Waals surface area contributed by atoms with Gasteiger partial charge in [-0.05, 0) is 42.8 Å². The molecule has 0 aliphatic heterocycles. The summed E-state index contributed by atoms with van der Waals surface area (Å²) >= 11 is 0. The van der Waals surface area contributed by atoms with Crippen molar-refractivity contribution in [3.05, 3.63) is 65.5 Å². The number of methoxy groups -OCH3 is 1. The number of ether oxygens (including phenoxy) is 1. The average Bonchev–Trinajstić information content (AvgIpc) is 2.47. The lowest BCUT2D eigenvalue weighted by Gasteiger charge is -2.17. The Morgan fingerprint density at radius 1 is 1.11 bits per heavy atom. The first-order valence-corrected chi connectivity index (χ1v) is 6.29. The van der Waals surface area contributed by atoms with Crippen LogP contribution in [0.1, 0.15) is 17.2 Å². The van der Waals surface area contributed by atoms with Crippen LogP contribution in [0.3, 0.4) is 0 Å². The van der Waals surface area contributed by atoms with Crippen LogP contribution in [0, 0.1) is 5.82 Å². The summed E-state index contributed by atoms with van der Waals surface area (Å²) in [6.45, 7) is 0. The van der Waals surface area contributed by atoms with Gasteiger partial charge in [0.05, 0.1) is 7.11 Å². The number of likely N-dealkylation sites (N-methyl/N-ethyl adjacent to an activating group) is 1. The van der Waals surface area contributed by atoms with E-state index in [2.05, 4.69) is 5.32 Å². The Balaban J connectivity index is 2.17. The van der Waals surface area contributed by atoms with Crippen LogP contribution in [-0.4, -0.2) is 14.2 Å². The molecule has 1 atom stereocenters. The molecule has 0 aromatic heterocycles. The molecule has 0 bridgehead atoms. The average molecular weight is 259 g/mol. The third-order valence-electron chi connectivity index (χ3n) is 3.25. The SMILES string of the molecule is CNC(Cc1ccccc1F)c1ccc(OC)cc1. The summed E-state index contributed by atoms with van der Waals surface area (Å²) in [5.74, 6) is 0.667. The monoisotopic (exact) mass is 259 g/mol. The first kappa shape index (κ1) is 13.6. The molecule has 19 heavy (non-hydrogen) atoms. The molecule has 0 aliphatic rings. The van der Waals surface area contributed by atoms with E-state index < -0.39 is 0 Å². The van der Waals surface area contributed by atoms with Gasteiger partial charge in [0.1, 0.15) is 11.6 Å². The molecular weight excluding hydrogens is 241 g/mol. The molecule has 0 amide bonds. The molecule has 0 heterocycles. The first-order valence-electron chi connectivity index (χ1n) is 6.29. The Kier molecular flexibility index (Phi) is 4.53. The van der Waals surface area contributed by atoms with Crippen molar-refractivity contribution in [1.29, 1.82) is 0 Å². The van der Waals surface area contributed by atoms with Gasteiger partial charge in [0.2, 0.25) is 0 Å². The molecule has 3 heteroatoms. The molecule has 1 unspecified atom stereocenters. The molecule has 0 saturated carbocycles. The maximum Gasteiger partial charge on any atom is 0.126 e. The zero-order valence-corrected chi connectivity index (χ0v) is 11.2. The van der Waals surface area contributed by atoms with Crippen LogP contribution >= 0.6 is 0 Å². The smallest absolute Gasteiger partial charge is 0.126 e. The van der Waals surface area contributed by atoms with Crippen LogP contribution in [0.2, 0.25) is 0 Å². The summed E-state index contributed by atoms with van der Waals surface area (Å²) < 4.78 is 18.8. The zero-order valence-electron chi connectivity index (χ0n) is 11.2. The lowest BCUT2D eigenvalue weighted by molar-refractivity contribution is 0.414. The highest BCUT2D eigenvalue weighted by Gasteiger charge is 2.12. The van der Waals surface area contributed by atoms with E-state index in [9.17, 15) is 4.39 Å².